The molecule has 0 spiro atoms. The van der Waals surface area contributed by atoms with E-state index < -0.39 is 0 Å². The van der Waals surface area contributed by atoms with Gasteiger partial charge in [-0.15, -0.1) is 0 Å². The van der Waals surface area contributed by atoms with E-state index in [2.05, 4.69) is 51.2 Å². The summed E-state index contributed by atoms with van der Waals surface area (Å²) in [5.41, 5.74) is 4.13. The van der Waals surface area contributed by atoms with Crippen LogP contribution in [0.15, 0.2) is 18.2 Å². The van der Waals surface area contributed by atoms with E-state index in [1.165, 1.54) is 16.7 Å². The van der Waals surface area contributed by atoms with Gasteiger partial charge < -0.3 is 10.1 Å². The molecule has 0 radical (unpaired) electrons. The highest BCUT2D eigenvalue weighted by atomic mass is 16.5. The topological polar surface area (TPSA) is 21.3 Å². The quantitative estimate of drug-likeness (QED) is 0.797. The van der Waals surface area contributed by atoms with Crippen LogP contribution in [0.2, 0.25) is 0 Å². The summed E-state index contributed by atoms with van der Waals surface area (Å²) in [6, 6.07) is 7.16. The fourth-order valence-corrected chi connectivity index (χ4v) is 2.54. The van der Waals surface area contributed by atoms with Crippen LogP contribution in [-0.4, -0.2) is 20.3 Å². The molecule has 1 N–H and O–H groups in total. The Morgan fingerprint density at radius 3 is 2.56 bits per heavy atom. The molecule has 0 saturated carbocycles. The average Bonchev–Trinajstić information content (AvgIpc) is 2.29. The SMILES string of the molecule is CCNC(CC(C)COC)c1ccc(C)cc1C. The van der Waals surface area contributed by atoms with E-state index in [0.717, 1.165) is 19.6 Å². The van der Waals surface area contributed by atoms with Crippen LogP contribution in [-0.2, 0) is 4.74 Å². The van der Waals surface area contributed by atoms with Gasteiger partial charge in [-0.1, -0.05) is 37.6 Å². The van der Waals surface area contributed by atoms with E-state index >= 15 is 0 Å². The molecular formula is C16H27NO. The number of benzene rings is 1. The molecule has 1 aromatic carbocycles. The molecule has 1 aromatic rings. The molecule has 0 saturated heterocycles. The van der Waals surface area contributed by atoms with Crippen molar-refractivity contribution in [1.82, 2.24) is 5.32 Å². The monoisotopic (exact) mass is 249 g/mol. The Morgan fingerprint density at radius 1 is 1.28 bits per heavy atom. The van der Waals surface area contributed by atoms with Crippen LogP contribution in [0, 0.1) is 19.8 Å². The van der Waals surface area contributed by atoms with Crippen LogP contribution >= 0.6 is 0 Å². The van der Waals surface area contributed by atoms with E-state index in [4.69, 9.17) is 4.74 Å². The summed E-state index contributed by atoms with van der Waals surface area (Å²) in [6.45, 7) is 10.6. The summed E-state index contributed by atoms with van der Waals surface area (Å²) in [5.74, 6) is 0.569. The fraction of sp³-hybridized carbons (Fsp3) is 0.625. The van der Waals surface area contributed by atoms with Crippen molar-refractivity contribution in [2.75, 3.05) is 20.3 Å². The Hall–Kier alpha value is -0.860. The maximum absolute atomic E-state index is 5.24. The Balaban J connectivity index is 2.82. The van der Waals surface area contributed by atoms with E-state index in [9.17, 15) is 0 Å². The van der Waals surface area contributed by atoms with Crippen LogP contribution < -0.4 is 5.32 Å². The normalized spacial score (nSPS) is 14.5. The highest BCUT2D eigenvalue weighted by Crippen LogP contribution is 2.25. The minimum atomic E-state index is 0.431. The maximum atomic E-state index is 5.24. The van der Waals surface area contributed by atoms with Gasteiger partial charge in [0.1, 0.15) is 0 Å². The van der Waals surface area contributed by atoms with Crippen LogP contribution in [0.3, 0.4) is 0 Å². The van der Waals surface area contributed by atoms with Crippen molar-refractivity contribution in [2.45, 2.75) is 40.2 Å². The predicted octanol–water partition coefficient (Wildman–Crippen LogP) is 3.63. The molecule has 2 atom stereocenters. The van der Waals surface area contributed by atoms with E-state index in [-0.39, 0.29) is 0 Å². The van der Waals surface area contributed by atoms with Crippen LogP contribution in [0.1, 0.15) is 43.0 Å². The molecule has 0 amide bonds. The molecule has 1 rings (SSSR count). The number of rotatable bonds is 7. The fourth-order valence-electron chi connectivity index (χ4n) is 2.54. The standard InChI is InChI=1S/C16H27NO/c1-6-17-16(10-13(3)11-18-5)15-8-7-12(2)9-14(15)4/h7-9,13,16-17H,6,10-11H2,1-5H3. The Kier molecular flexibility index (Phi) is 6.37. The zero-order valence-electron chi connectivity index (χ0n) is 12.4. The molecule has 2 nitrogen and oxygen atoms in total. The zero-order chi connectivity index (χ0) is 13.5. The zero-order valence-corrected chi connectivity index (χ0v) is 12.4. The molecule has 0 aromatic heterocycles. The molecular weight excluding hydrogens is 222 g/mol. The molecule has 2 unspecified atom stereocenters. The van der Waals surface area contributed by atoms with Crippen LogP contribution in [0.4, 0.5) is 0 Å². The lowest BCUT2D eigenvalue weighted by Gasteiger charge is -2.23. The van der Waals surface area contributed by atoms with E-state index in [1.54, 1.807) is 7.11 Å². The van der Waals surface area contributed by atoms with Gasteiger partial charge in [-0.05, 0) is 43.9 Å². The second-order valence-electron chi connectivity index (χ2n) is 5.27. The van der Waals surface area contributed by atoms with E-state index in [0.29, 0.717) is 12.0 Å². The van der Waals surface area contributed by atoms with Gasteiger partial charge in [0.05, 0.1) is 0 Å². The smallest absolute Gasteiger partial charge is 0.0488 e. The van der Waals surface area contributed by atoms with Crippen LogP contribution in [0.25, 0.3) is 0 Å². The summed E-state index contributed by atoms with van der Waals surface area (Å²) < 4.78 is 5.24. The van der Waals surface area contributed by atoms with Gasteiger partial charge in [-0.25, -0.2) is 0 Å². The van der Waals surface area contributed by atoms with Crippen molar-refractivity contribution in [3.8, 4) is 0 Å². The lowest BCUT2D eigenvalue weighted by atomic mass is 9.92. The molecule has 0 fully saturated rings. The molecule has 0 aliphatic carbocycles. The number of hydrogen-bond donors (Lipinski definition) is 1. The second-order valence-corrected chi connectivity index (χ2v) is 5.27. The van der Waals surface area contributed by atoms with Gasteiger partial charge in [0.25, 0.3) is 0 Å². The molecule has 0 bridgehead atoms. The number of nitrogens with one attached hydrogen (secondary N) is 1. The summed E-state index contributed by atoms with van der Waals surface area (Å²) in [7, 11) is 1.77. The second kappa shape index (κ2) is 7.55. The van der Waals surface area contributed by atoms with Crippen molar-refractivity contribution in [3.63, 3.8) is 0 Å². The van der Waals surface area contributed by atoms with E-state index in [1.807, 2.05) is 0 Å². The lowest BCUT2D eigenvalue weighted by molar-refractivity contribution is 0.149. The number of aryl methyl sites for hydroxylation is 2. The van der Waals surface area contributed by atoms with Gasteiger partial charge in [-0.3, -0.25) is 0 Å². The summed E-state index contributed by atoms with van der Waals surface area (Å²) in [6.07, 6.45) is 1.12. The molecule has 2 heteroatoms. The predicted molar refractivity (Wildman–Crippen MR) is 78.0 cm³/mol. The Bertz CT molecular complexity index is 362. The Morgan fingerprint density at radius 2 is 2.00 bits per heavy atom. The third kappa shape index (κ3) is 4.43. The molecule has 0 aliphatic rings. The highest BCUT2D eigenvalue weighted by Gasteiger charge is 2.16. The Labute approximate surface area is 112 Å². The third-order valence-corrected chi connectivity index (χ3v) is 3.34. The van der Waals surface area contributed by atoms with Crippen molar-refractivity contribution in [1.29, 1.82) is 0 Å². The van der Waals surface area contributed by atoms with Gasteiger partial charge in [0, 0.05) is 19.8 Å². The number of hydrogen-bond acceptors (Lipinski definition) is 2. The average molecular weight is 249 g/mol. The van der Waals surface area contributed by atoms with Crippen molar-refractivity contribution in [2.24, 2.45) is 5.92 Å². The van der Waals surface area contributed by atoms with Crippen molar-refractivity contribution >= 4 is 0 Å². The molecule has 102 valence electrons. The number of ether oxygens (including phenoxy) is 1. The first-order chi connectivity index (χ1) is 8.58. The van der Waals surface area contributed by atoms with Gasteiger partial charge in [0.2, 0.25) is 0 Å². The van der Waals surface area contributed by atoms with Crippen LogP contribution in [0.5, 0.6) is 0 Å². The van der Waals surface area contributed by atoms with Gasteiger partial charge in [-0.2, -0.15) is 0 Å². The number of methoxy groups -OCH3 is 1. The van der Waals surface area contributed by atoms with Gasteiger partial charge in [0.15, 0.2) is 0 Å². The van der Waals surface area contributed by atoms with Crippen molar-refractivity contribution in [3.05, 3.63) is 34.9 Å². The van der Waals surface area contributed by atoms with Gasteiger partial charge >= 0.3 is 0 Å². The molecule has 0 aliphatic heterocycles. The first kappa shape index (κ1) is 15.2. The summed E-state index contributed by atoms with van der Waals surface area (Å²) in [4.78, 5) is 0. The summed E-state index contributed by atoms with van der Waals surface area (Å²) in [5, 5.41) is 3.59. The summed E-state index contributed by atoms with van der Waals surface area (Å²) >= 11 is 0. The highest BCUT2D eigenvalue weighted by molar-refractivity contribution is 5.32. The first-order valence-corrected chi connectivity index (χ1v) is 6.88. The maximum Gasteiger partial charge on any atom is 0.0488 e. The molecule has 0 heterocycles. The van der Waals surface area contributed by atoms with Crippen molar-refractivity contribution < 1.29 is 4.74 Å². The minimum Gasteiger partial charge on any atom is -0.384 e. The largest absolute Gasteiger partial charge is 0.384 e. The molecule has 18 heavy (non-hydrogen) atoms. The first-order valence-electron chi connectivity index (χ1n) is 6.88. The third-order valence-electron chi connectivity index (χ3n) is 3.34. The minimum absolute atomic E-state index is 0.431. The lowest BCUT2D eigenvalue weighted by Crippen LogP contribution is -2.24.